The molecule has 1 unspecified atom stereocenters. The van der Waals surface area contributed by atoms with Crippen molar-refractivity contribution in [3.8, 4) is 5.75 Å². The molecule has 4 aromatic rings. The number of nitrogens with one attached hydrogen (secondary N) is 1. The molecule has 6 nitrogen and oxygen atoms in total. The van der Waals surface area contributed by atoms with E-state index in [1.165, 1.54) is 0 Å². The van der Waals surface area contributed by atoms with Crippen LogP contribution in [0.1, 0.15) is 35.2 Å². The Labute approximate surface area is 166 Å². The number of fused-ring (bicyclic) bond motifs is 1. The third-order valence-corrected chi connectivity index (χ3v) is 4.43. The molecule has 0 spiro atoms. The van der Waals surface area contributed by atoms with Gasteiger partial charge < -0.3 is 18.9 Å². The van der Waals surface area contributed by atoms with E-state index in [1.807, 2.05) is 36.4 Å². The Hall–Kier alpha value is -3.25. The van der Waals surface area contributed by atoms with Crippen LogP contribution in [0.15, 0.2) is 69.5 Å². The number of hydrogen-bond acceptors (Lipinski definition) is 5. The third kappa shape index (κ3) is 3.87. The molecule has 0 fully saturated rings. The highest BCUT2D eigenvalue weighted by molar-refractivity contribution is 6.32. The minimum absolute atomic E-state index is 0.164. The molecule has 28 heavy (non-hydrogen) atoms. The normalized spacial score (nSPS) is 12.1. The first-order valence-electron chi connectivity index (χ1n) is 8.72. The van der Waals surface area contributed by atoms with Gasteiger partial charge in [0.25, 0.3) is 5.91 Å². The van der Waals surface area contributed by atoms with Crippen LogP contribution in [0.4, 0.5) is 0 Å². The number of furan rings is 1. The number of carbonyl (C=O) groups excluding carboxylic acids is 1. The fourth-order valence-corrected chi connectivity index (χ4v) is 2.88. The predicted octanol–water partition coefficient (Wildman–Crippen LogP) is 5.14. The Morgan fingerprint density at radius 3 is 2.71 bits per heavy atom. The van der Waals surface area contributed by atoms with E-state index in [2.05, 4.69) is 10.3 Å². The van der Waals surface area contributed by atoms with Gasteiger partial charge in [-0.15, -0.1) is 0 Å². The van der Waals surface area contributed by atoms with Gasteiger partial charge in [0, 0.05) is 0 Å². The molecule has 1 amide bonds. The van der Waals surface area contributed by atoms with Crippen LogP contribution < -0.4 is 10.1 Å². The molecule has 142 valence electrons. The van der Waals surface area contributed by atoms with Crippen LogP contribution in [-0.4, -0.2) is 10.9 Å². The maximum absolute atomic E-state index is 12.4. The van der Waals surface area contributed by atoms with E-state index in [4.69, 9.17) is 25.2 Å². The molecule has 0 bridgehead atoms. The van der Waals surface area contributed by atoms with Crippen molar-refractivity contribution in [1.82, 2.24) is 10.3 Å². The standard InChI is InChI=1S/C21H17ClN2O4/c1-13(21-24-16-7-3-5-9-18(16)28-21)23-20(25)19-11-10-14(27-19)12-26-17-8-4-2-6-15(17)22/h2-11,13H,12H2,1H3,(H,23,25). The largest absolute Gasteiger partial charge is 0.484 e. The summed E-state index contributed by atoms with van der Waals surface area (Å²) < 4.78 is 16.9. The van der Waals surface area contributed by atoms with Crippen LogP contribution in [0.5, 0.6) is 5.75 Å². The Balaban J connectivity index is 1.39. The van der Waals surface area contributed by atoms with Gasteiger partial charge in [-0.2, -0.15) is 0 Å². The number of carbonyl (C=O) groups is 1. The van der Waals surface area contributed by atoms with Crippen molar-refractivity contribution in [2.75, 3.05) is 0 Å². The molecule has 1 N–H and O–H groups in total. The highest BCUT2D eigenvalue weighted by Gasteiger charge is 2.19. The third-order valence-electron chi connectivity index (χ3n) is 4.12. The van der Waals surface area contributed by atoms with Gasteiger partial charge in [-0.3, -0.25) is 4.79 Å². The first kappa shape index (κ1) is 18.1. The van der Waals surface area contributed by atoms with Gasteiger partial charge in [0.05, 0.1) is 5.02 Å². The van der Waals surface area contributed by atoms with Crippen LogP contribution in [0.3, 0.4) is 0 Å². The van der Waals surface area contributed by atoms with Crippen molar-refractivity contribution in [1.29, 1.82) is 0 Å². The molecule has 7 heteroatoms. The van der Waals surface area contributed by atoms with Gasteiger partial charge >= 0.3 is 0 Å². The van der Waals surface area contributed by atoms with Gasteiger partial charge in [0.1, 0.15) is 29.7 Å². The Bertz CT molecular complexity index is 1090. The fourth-order valence-electron chi connectivity index (χ4n) is 2.69. The van der Waals surface area contributed by atoms with Crippen LogP contribution in [0, 0.1) is 0 Å². The lowest BCUT2D eigenvalue weighted by Crippen LogP contribution is -2.26. The van der Waals surface area contributed by atoms with Crippen LogP contribution >= 0.6 is 11.6 Å². The number of halogens is 1. The summed E-state index contributed by atoms with van der Waals surface area (Å²) in [6.07, 6.45) is 0. The van der Waals surface area contributed by atoms with E-state index in [-0.39, 0.29) is 18.3 Å². The molecule has 2 heterocycles. The highest BCUT2D eigenvalue weighted by Crippen LogP contribution is 2.24. The van der Waals surface area contributed by atoms with Crippen LogP contribution in [-0.2, 0) is 6.61 Å². The van der Waals surface area contributed by atoms with Gasteiger partial charge in [0.2, 0.25) is 5.89 Å². The number of benzene rings is 2. The van der Waals surface area contributed by atoms with E-state index in [1.54, 1.807) is 31.2 Å². The molecule has 2 aromatic carbocycles. The van der Waals surface area contributed by atoms with E-state index in [0.29, 0.717) is 28.0 Å². The quantitative estimate of drug-likeness (QED) is 0.488. The lowest BCUT2D eigenvalue weighted by molar-refractivity contribution is 0.0902. The van der Waals surface area contributed by atoms with Crippen molar-refractivity contribution in [3.05, 3.63) is 83.1 Å². The van der Waals surface area contributed by atoms with E-state index in [0.717, 1.165) is 5.52 Å². The number of oxazole rings is 1. The molecule has 0 saturated heterocycles. The van der Waals surface area contributed by atoms with E-state index < -0.39 is 6.04 Å². The van der Waals surface area contributed by atoms with Gasteiger partial charge in [-0.05, 0) is 43.3 Å². The summed E-state index contributed by atoms with van der Waals surface area (Å²) in [6.45, 7) is 1.96. The number of ether oxygens (including phenoxy) is 1. The molecule has 0 aliphatic heterocycles. The van der Waals surface area contributed by atoms with Gasteiger partial charge in [0.15, 0.2) is 11.3 Å². The molecule has 0 aliphatic carbocycles. The average molecular weight is 397 g/mol. The molecular weight excluding hydrogens is 380 g/mol. The minimum atomic E-state index is -0.409. The number of aromatic nitrogens is 1. The number of para-hydroxylation sites is 3. The maximum Gasteiger partial charge on any atom is 0.287 e. The Morgan fingerprint density at radius 1 is 1.11 bits per heavy atom. The summed E-state index contributed by atoms with van der Waals surface area (Å²) in [6, 6.07) is 17.5. The lowest BCUT2D eigenvalue weighted by atomic mass is 10.3. The van der Waals surface area contributed by atoms with Crippen LogP contribution in [0.2, 0.25) is 5.02 Å². The molecule has 0 saturated carbocycles. The molecular formula is C21H17ClN2O4. The first-order chi connectivity index (χ1) is 13.6. The van der Waals surface area contributed by atoms with E-state index >= 15 is 0 Å². The van der Waals surface area contributed by atoms with Crippen molar-refractivity contribution in [2.45, 2.75) is 19.6 Å². The number of rotatable bonds is 6. The van der Waals surface area contributed by atoms with E-state index in [9.17, 15) is 4.79 Å². The molecule has 0 radical (unpaired) electrons. The number of amides is 1. The maximum atomic E-state index is 12.4. The average Bonchev–Trinajstić information content (AvgIpc) is 3.34. The summed E-state index contributed by atoms with van der Waals surface area (Å²) in [7, 11) is 0. The van der Waals surface area contributed by atoms with Crippen molar-refractivity contribution in [2.24, 2.45) is 0 Å². The predicted molar refractivity (Wildman–Crippen MR) is 104 cm³/mol. The van der Waals surface area contributed by atoms with Crippen molar-refractivity contribution >= 4 is 28.6 Å². The number of nitrogens with zero attached hydrogens (tertiary/aromatic N) is 1. The van der Waals surface area contributed by atoms with Gasteiger partial charge in [-0.25, -0.2) is 4.98 Å². The minimum Gasteiger partial charge on any atom is -0.484 e. The summed E-state index contributed by atoms with van der Waals surface area (Å²) >= 11 is 6.06. The van der Waals surface area contributed by atoms with Gasteiger partial charge in [-0.1, -0.05) is 35.9 Å². The molecule has 1 atom stereocenters. The second kappa shape index (κ2) is 7.78. The van der Waals surface area contributed by atoms with Crippen molar-refractivity contribution in [3.63, 3.8) is 0 Å². The Kier molecular flexibility index (Phi) is 5.04. The summed E-state index contributed by atoms with van der Waals surface area (Å²) in [5, 5.41) is 3.33. The second-order valence-corrected chi connectivity index (χ2v) is 6.61. The zero-order valence-electron chi connectivity index (χ0n) is 15.0. The highest BCUT2D eigenvalue weighted by atomic mass is 35.5. The monoisotopic (exact) mass is 396 g/mol. The summed E-state index contributed by atoms with van der Waals surface area (Å²) in [5.74, 6) is 1.32. The SMILES string of the molecule is CC(NC(=O)c1ccc(COc2ccccc2Cl)o1)c1nc2ccccc2o1. The van der Waals surface area contributed by atoms with Crippen LogP contribution in [0.25, 0.3) is 11.1 Å². The van der Waals surface area contributed by atoms with Crippen molar-refractivity contribution < 1.29 is 18.4 Å². The first-order valence-corrected chi connectivity index (χ1v) is 9.10. The smallest absolute Gasteiger partial charge is 0.287 e. The zero-order chi connectivity index (χ0) is 19.5. The summed E-state index contributed by atoms with van der Waals surface area (Å²) in [4.78, 5) is 16.8. The molecule has 0 aliphatic rings. The Morgan fingerprint density at radius 2 is 1.89 bits per heavy atom. The lowest BCUT2D eigenvalue weighted by Gasteiger charge is -2.08. The molecule has 2 aromatic heterocycles. The summed E-state index contributed by atoms with van der Waals surface area (Å²) in [5.41, 5.74) is 1.42. The zero-order valence-corrected chi connectivity index (χ0v) is 15.8. The second-order valence-electron chi connectivity index (χ2n) is 6.20. The number of hydrogen-bond donors (Lipinski definition) is 1. The fraction of sp³-hybridized carbons (Fsp3) is 0.143. The molecule has 4 rings (SSSR count). The topological polar surface area (TPSA) is 77.5 Å².